The number of nitrogens with two attached hydrogens (primary N) is 1. The highest BCUT2D eigenvalue weighted by molar-refractivity contribution is 5.94. The fraction of sp³-hybridized carbons (Fsp3) is 0.462. The van der Waals surface area contributed by atoms with Crippen LogP contribution in [0, 0.1) is 18.7 Å². The Bertz CT molecular complexity index is 406. The summed E-state index contributed by atoms with van der Waals surface area (Å²) in [5.41, 5.74) is 6.47. The summed E-state index contributed by atoms with van der Waals surface area (Å²) < 4.78 is 13.1. The Kier molecular flexibility index (Phi) is 4.63. The second kappa shape index (κ2) is 5.77. The lowest BCUT2D eigenvalue weighted by molar-refractivity contribution is 0.0929. The van der Waals surface area contributed by atoms with E-state index in [0.29, 0.717) is 17.7 Å². The Morgan fingerprint density at radius 1 is 1.47 bits per heavy atom. The third-order valence-corrected chi connectivity index (χ3v) is 3.00. The summed E-state index contributed by atoms with van der Waals surface area (Å²) in [7, 11) is 0. The third-order valence-electron chi connectivity index (χ3n) is 3.00. The Morgan fingerprint density at radius 3 is 2.65 bits per heavy atom. The van der Waals surface area contributed by atoms with Gasteiger partial charge in [-0.1, -0.05) is 6.92 Å². The Morgan fingerprint density at radius 2 is 2.12 bits per heavy atom. The summed E-state index contributed by atoms with van der Waals surface area (Å²) in [6.45, 7) is 6.04. The van der Waals surface area contributed by atoms with Gasteiger partial charge in [0.15, 0.2) is 0 Å². The molecule has 0 heterocycles. The minimum Gasteiger partial charge on any atom is -0.349 e. The lowest BCUT2D eigenvalue weighted by atomic mass is 10.0. The molecule has 1 aromatic carbocycles. The SMILES string of the molecule is Cc1cc(C(=O)NC(C)C(C)CN)ccc1F. The summed E-state index contributed by atoms with van der Waals surface area (Å²) in [5.74, 6) is -0.286. The minimum absolute atomic E-state index is 0.00198. The van der Waals surface area contributed by atoms with Crippen molar-refractivity contribution in [2.24, 2.45) is 11.7 Å². The van der Waals surface area contributed by atoms with Crippen LogP contribution in [0.5, 0.6) is 0 Å². The number of carbonyl (C=O) groups excluding carboxylic acids is 1. The maximum Gasteiger partial charge on any atom is 0.251 e. The largest absolute Gasteiger partial charge is 0.349 e. The van der Waals surface area contributed by atoms with Crippen LogP contribution in [0.1, 0.15) is 29.8 Å². The first-order valence-corrected chi connectivity index (χ1v) is 5.72. The van der Waals surface area contributed by atoms with E-state index in [1.165, 1.54) is 12.1 Å². The molecule has 0 saturated heterocycles. The van der Waals surface area contributed by atoms with Gasteiger partial charge in [-0.2, -0.15) is 0 Å². The molecule has 0 spiro atoms. The van der Waals surface area contributed by atoms with Gasteiger partial charge in [0, 0.05) is 11.6 Å². The number of benzene rings is 1. The van der Waals surface area contributed by atoms with Crippen molar-refractivity contribution >= 4 is 5.91 Å². The molecule has 4 heteroatoms. The Balaban J connectivity index is 2.73. The van der Waals surface area contributed by atoms with Crippen LogP contribution in [0.15, 0.2) is 18.2 Å². The average molecular weight is 238 g/mol. The number of carbonyl (C=O) groups is 1. The van der Waals surface area contributed by atoms with Crippen molar-refractivity contribution in [1.29, 1.82) is 0 Å². The predicted octanol–water partition coefficient (Wildman–Crippen LogP) is 1.85. The van der Waals surface area contributed by atoms with E-state index in [2.05, 4.69) is 5.32 Å². The van der Waals surface area contributed by atoms with Crippen LogP contribution in [0.3, 0.4) is 0 Å². The molecule has 3 N–H and O–H groups in total. The highest BCUT2D eigenvalue weighted by Gasteiger charge is 2.15. The molecule has 1 aromatic rings. The lowest BCUT2D eigenvalue weighted by Gasteiger charge is -2.19. The number of aryl methyl sites for hydroxylation is 1. The van der Waals surface area contributed by atoms with E-state index < -0.39 is 0 Å². The number of hydrogen-bond donors (Lipinski definition) is 2. The quantitative estimate of drug-likeness (QED) is 0.841. The maximum atomic E-state index is 13.1. The van der Waals surface area contributed by atoms with Crippen molar-refractivity contribution in [1.82, 2.24) is 5.32 Å². The molecule has 0 fully saturated rings. The second-order valence-electron chi connectivity index (χ2n) is 4.44. The molecule has 0 aliphatic heterocycles. The number of rotatable bonds is 4. The number of amides is 1. The topological polar surface area (TPSA) is 55.1 Å². The van der Waals surface area contributed by atoms with E-state index in [9.17, 15) is 9.18 Å². The van der Waals surface area contributed by atoms with Crippen LogP contribution in [-0.2, 0) is 0 Å². The summed E-state index contributed by atoms with van der Waals surface area (Å²) in [6.07, 6.45) is 0. The zero-order chi connectivity index (χ0) is 13.0. The summed E-state index contributed by atoms with van der Waals surface area (Å²) in [5, 5.41) is 2.85. The van der Waals surface area contributed by atoms with Gasteiger partial charge >= 0.3 is 0 Å². The first-order chi connectivity index (χ1) is 7.95. The van der Waals surface area contributed by atoms with Crippen LogP contribution < -0.4 is 11.1 Å². The van der Waals surface area contributed by atoms with Crippen molar-refractivity contribution in [2.45, 2.75) is 26.8 Å². The van der Waals surface area contributed by atoms with Gasteiger partial charge in [-0.3, -0.25) is 4.79 Å². The highest BCUT2D eigenvalue weighted by Crippen LogP contribution is 2.10. The van der Waals surface area contributed by atoms with Crippen LogP contribution in [0.2, 0.25) is 0 Å². The second-order valence-corrected chi connectivity index (χ2v) is 4.44. The molecule has 2 unspecified atom stereocenters. The van der Waals surface area contributed by atoms with Crippen LogP contribution in [-0.4, -0.2) is 18.5 Å². The smallest absolute Gasteiger partial charge is 0.251 e. The number of halogens is 1. The molecule has 17 heavy (non-hydrogen) atoms. The molecule has 0 bridgehead atoms. The van der Waals surface area contributed by atoms with Gasteiger partial charge in [-0.25, -0.2) is 4.39 Å². The van der Waals surface area contributed by atoms with Crippen LogP contribution >= 0.6 is 0 Å². The van der Waals surface area contributed by atoms with Gasteiger partial charge in [0.2, 0.25) is 0 Å². The van der Waals surface area contributed by atoms with Gasteiger partial charge in [-0.05, 0) is 50.1 Å². The normalized spacial score (nSPS) is 14.2. The Labute approximate surface area is 101 Å². The van der Waals surface area contributed by atoms with E-state index in [1.54, 1.807) is 13.0 Å². The average Bonchev–Trinajstić information content (AvgIpc) is 2.31. The van der Waals surface area contributed by atoms with E-state index in [0.717, 1.165) is 0 Å². The van der Waals surface area contributed by atoms with Gasteiger partial charge in [0.1, 0.15) is 5.82 Å². The first kappa shape index (κ1) is 13.6. The number of nitrogens with one attached hydrogen (secondary N) is 1. The summed E-state index contributed by atoms with van der Waals surface area (Å²) in [4.78, 5) is 11.9. The molecule has 0 aliphatic carbocycles. The lowest BCUT2D eigenvalue weighted by Crippen LogP contribution is -2.39. The molecule has 0 aliphatic rings. The molecule has 1 amide bonds. The highest BCUT2D eigenvalue weighted by atomic mass is 19.1. The molecule has 0 aromatic heterocycles. The summed E-state index contributed by atoms with van der Waals surface area (Å²) >= 11 is 0. The zero-order valence-corrected chi connectivity index (χ0v) is 10.5. The molecular formula is C13H19FN2O. The van der Waals surface area contributed by atoms with Gasteiger partial charge in [0.05, 0.1) is 0 Å². The summed E-state index contributed by atoms with van der Waals surface area (Å²) in [6, 6.07) is 4.33. The fourth-order valence-corrected chi connectivity index (χ4v) is 1.42. The maximum absolute atomic E-state index is 13.1. The third kappa shape index (κ3) is 3.53. The van der Waals surface area contributed by atoms with E-state index >= 15 is 0 Å². The Hall–Kier alpha value is -1.42. The van der Waals surface area contributed by atoms with E-state index in [1.807, 2.05) is 13.8 Å². The standard InChI is InChI=1S/C13H19FN2O/c1-8-6-11(4-5-12(8)14)13(17)16-10(3)9(2)7-15/h4-6,9-10H,7,15H2,1-3H3,(H,16,17). The molecule has 0 saturated carbocycles. The fourth-order valence-electron chi connectivity index (χ4n) is 1.42. The van der Waals surface area contributed by atoms with E-state index in [-0.39, 0.29) is 23.7 Å². The molecule has 2 atom stereocenters. The van der Waals surface area contributed by atoms with Crippen molar-refractivity contribution in [3.8, 4) is 0 Å². The monoisotopic (exact) mass is 238 g/mol. The van der Waals surface area contributed by atoms with E-state index in [4.69, 9.17) is 5.73 Å². The minimum atomic E-state index is -0.301. The van der Waals surface area contributed by atoms with Gasteiger partial charge < -0.3 is 11.1 Å². The molecule has 94 valence electrons. The van der Waals surface area contributed by atoms with Gasteiger partial charge in [0.25, 0.3) is 5.91 Å². The number of hydrogen-bond acceptors (Lipinski definition) is 2. The molecular weight excluding hydrogens is 219 g/mol. The predicted molar refractivity (Wildman–Crippen MR) is 66.3 cm³/mol. The van der Waals surface area contributed by atoms with Crippen LogP contribution in [0.4, 0.5) is 4.39 Å². The van der Waals surface area contributed by atoms with Crippen molar-refractivity contribution < 1.29 is 9.18 Å². The first-order valence-electron chi connectivity index (χ1n) is 5.72. The van der Waals surface area contributed by atoms with Gasteiger partial charge in [-0.15, -0.1) is 0 Å². The van der Waals surface area contributed by atoms with Crippen molar-refractivity contribution in [2.75, 3.05) is 6.54 Å². The molecule has 1 rings (SSSR count). The zero-order valence-electron chi connectivity index (χ0n) is 10.5. The van der Waals surface area contributed by atoms with Crippen LogP contribution in [0.25, 0.3) is 0 Å². The van der Waals surface area contributed by atoms with Crippen molar-refractivity contribution in [3.63, 3.8) is 0 Å². The van der Waals surface area contributed by atoms with Crippen molar-refractivity contribution in [3.05, 3.63) is 35.1 Å². The molecule has 3 nitrogen and oxygen atoms in total. The molecule has 0 radical (unpaired) electrons.